The number of fused-ring (bicyclic) bond motifs is 1. The molecule has 1 saturated heterocycles. The second-order valence-electron chi connectivity index (χ2n) is 7.17. The number of nitrogens with one attached hydrogen (secondary N) is 2. The van der Waals surface area contributed by atoms with Crippen LogP contribution in [-0.2, 0) is 6.18 Å². The van der Waals surface area contributed by atoms with Crippen LogP contribution in [0.25, 0.3) is 10.8 Å². The van der Waals surface area contributed by atoms with E-state index in [1.165, 1.54) is 0 Å². The minimum absolute atomic E-state index is 0.0540. The number of carbonyl (C=O) groups excluding carboxylic acids is 1. The molecule has 158 valence electrons. The first-order valence-electron chi connectivity index (χ1n) is 9.51. The van der Waals surface area contributed by atoms with Gasteiger partial charge in [0.2, 0.25) is 0 Å². The molecule has 1 aliphatic heterocycles. The van der Waals surface area contributed by atoms with Crippen molar-refractivity contribution in [2.24, 2.45) is 0 Å². The Bertz CT molecular complexity index is 1060. The maximum absolute atomic E-state index is 12.7. The van der Waals surface area contributed by atoms with Crippen LogP contribution < -0.4 is 15.5 Å². The van der Waals surface area contributed by atoms with Gasteiger partial charge < -0.3 is 15.5 Å². The number of carbonyl (C=O) groups is 1. The monoisotopic (exact) mass is 435 g/mol. The molecule has 1 aliphatic rings. The summed E-state index contributed by atoms with van der Waals surface area (Å²) < 4.78 is 38.2. The SMILES string of the molecule is Cc1nccc2c(NC(=O)NC3CCN(c4nc(C(F)(F)F)cs4)CC3)cccc12. The summed E-state index contributed by atoms with van der Waals surface area (Å²) in [5, 5.41) is 9.15. The van der Waals surface area contributed by atoms with Crippen LogP contribution in [0.15, 0.2) is 35.8 Å². The molecule has 10 heteroatoms. The van der Waals surface area contributed by atoms with Gasteiger partial charge in [0.05, 0.1) is 5.69 Å². The van der Waals surface area contributed by atoms with Gasteiger partial charge in [-0.15, -0.1) is 11.3 Å². The molecule has 0 bridgehead atoms. The van der Waals surface area contributed by atoms with Gasteiger partial charge >= 0.3 is 12.2 Å². The van der Waals surface area contributed by atoms with Gasteiger partial charge in [-0.25, -0.2) is 9.78 Å². The van der Waals surface area contributed by atoms with E-state index in [1.54, 1.807) is 6.20 Å². The second kappa shape index (κ2) is 8.10. The van der Waals surface area contributed by atoms with Gasteiger partial charge in [-0.1, -0.05) is 12.1 Å². The Balaban J connectivity index is 1.34. The molecule has 1 fully saturated rings. The molecule has 3 aromatic rings. The van der Waals surface area contributed by atoms with Gasteiger partial charge in [0.25, 0.3) is 0 Å². The first-order chi connectivity index (χ1) is 14.3. The molecule has 6 nitrogen and oxygen atoms in total. The average molecular weight is 435 g/mol. The largest absolute Gasteiger partial charge is 0.434 e. The van der Waals surface area contributed by atoms with Crippen molar-refractivity contribution in [1.29, 1.82) is 0 Å². The summed E-state index contributed by atoms with van der Waals surface area (Å²) in [7, 11) is 0. The molecule has 1 aromatic carbocycles. The van der Waals surface area contributed by atoms with E-state index in [4.69, 9.17) is 0 Å². The third-order valence-corrected chi connectivity index (χ3v) is 6.04. The molecule has 2 aromatic heterocycles. The minimum Gasteiger partial charge on any atom is -0.348 e. The lowest BCUT2D eigenvalue weighted by molar-refractivity contribution is -0.140. The number of piperidine rings is 1. The van der Waals surface area contributed by atoms with Crippen LogP contribution in [0.5, 0.6) is 0 Å². The lowest BCUT2D eigenvalue weighted by Crippen LogP contribution is -2.46. The Morgan fingerprint density at radius 1 is 1.20 bits per heavy atom. The van der Waals surface area contributed by atoms with Gasteiger partial charge in [-0.2, -0.15) is 13.2 Å². The summed E-state index contributed by atoms with van der Waals surface area (Å²) in [6.45, 7) is 2.99. The molecule has 0 saturated carbocycles. The van der Waals surface area contributed by atoms with E-state index in [9.17, 15) is 18.0 Å². The van der Waals surface area contributed by atoms with Crippen LogP contribution in [0.3, 0.4) is 0 Å². The molecular formula is C20H20F3N5OS. The number of hydrogen-bond acceptors (Lipinski definition) is 5. The molecule has 0 radical (unpaired) electrons. The second-order valence-corrected chi connectivity index (χ2v) is 8.01. The van der Waals surface area contributed by atoms with Crippen molar-refractivity contribution in [3.05, 3.63) is 47.2 Å². The zero-order chi connectivity index (χ0) is 21.3. The topological polar surface area (TPSA) is 70.2 Å². The molecule has 0 spiro atoms. The Kier molecular flexibility index (Phi) is 5.50. The van der Waals surface area contributed by atoms with Crippen molar-refractivity contribution in [2.75, 3.05) is 23.3 Å². The maximum atomic E-state index is 12.7. The molecule has 4 rings (SSSR count). The number of amides is 2. The first kappa shape index (κ1) is 20.4. The van der Waals surface area contributed by atoms with Gasteiger partial charge in [-0.3, -0.25) is 4.98 Å². The molecule has 0 aliphatic carbocycles. The van der Waals surface area contributed by atoms with E-state index in [1.807, 2.05) is 36.1 Å². The number of anilines is 2. The number of halogens is 3. The summed E-state index contributed by atoms with van der Waals surface area (Å²) in [6.07, 6.45) is -1.46. The Morgan fingerprint density at radius 2 is 1.97 bits per heavy atom. The number of hydrogen-bond donors (Lipinski definition) is 2. The third kappa shape index (κ3) is 4.33. The number of urea groups is 1. The zero-order valence-corrected chi connectivity index (χ0v) is 17.0. The fourth-order valence-corrected chi connectivity index (χ4v) is 4.45. The number of thiazole rings is 1. The lowest BCUT2D eigenvalue weighted by atomic mass is 10.1. The van der Waals surface area contributed by atoms with E-state index in [-0.39, 0.29) is 12.1 Å². The normalized spacial score (nSPS) is 15.4. The smallest absolute Gasteiger partial charge is 0.348 e. The Labute approximate surface area is 175 Å². The highest BCUT2D eigenvalue weighted by Crippen LogP contribution is 2.33. The van der Waals surface area contributed by atoms with Crippen molar-refractivity contribution >= 4 is 39.0 Å². The van der Waals surface area contributed by atoms with Crippen molar-refractivity contribution in [2.45, 2.75) is 32.0 Å². The highest BCUT2D eigenvalue weighted by atomic mass is 32.1. The molecule has 3 heterocycles. The quantitative estimate of drug-likeness (QED) is 0.620. The van der Waals surface area contributed by atoms with Gasteiger partial charge in [-0.05, 0) is 31.9 Å². The average Bonchev–Trinajstić information content (AvgIpc) is 3.20. The fourth-order valence-electron chi connectivity index (χ4n) is 3.56. The van der Waals surface area contributed by atoms with E-state index < -0.39 is 11.9 Å². The van der Waals surface area contributed by atoms with E-state index in [2.05, 4.69) is 20.6 Å². The number of nitrogens with zero attached hydrogens (tertiary/aromatic N) is 3. The molecular weight excluding hydrogens is 415 g/mol. The number of benzene rings is 1. The summed E-state index contributed by atoms with van der Waals surface area (Å²) in [6, 6.07) is 7.17. The van der Waals surface area contributed by atoms with Crippen LogP contribution in [0.2, 0.25) is 0 Å². The van der Waals surface area contributed by atoms with Crippen molar-refractivity contribution < 1.29 is 18.0 Å². The molecule has 2 amide bonds. The predicted octanol–water partition coefficient (Wildman–Crippen LogP) is 4.81. The van der Waals surface area contributed by atoms with Gasteiger partial charge in [0.15, 0.2) is 10.8 Å². The standard InChI is InChI=1S/C20H20F3N5OS/c1-12-14-3-2-4-16(15(14)5-8-24-12)26-18(29)25-13-6-9-28(10-7-13)19-27-17(11-30-19)20(21,22)23/h2-5,8,11,13H,6-7,9-10H2,1H3,(H2,25,26,29). The number of aromatic nitrogens is 2. The summed E-state index contributed by atoms with van der Waals surface area (Å²) in [5.41, 5.74) is 0.734. The Hall–Kier alpha value is -2.88. The molecule has 0 atom stereocenters. The number of pyridine rings is 1. The molecule has 30 heavy (non-hydrogen) atoms. The lowest BCUT2D eigenvalue weighted by Gasteiger charge is -2.32. The van der Waals surface area contributed by atoms with Crippen LogP contribution in [-0.4, -0.2) is 35.1 Å². The van der Waals surface area contributed by atoms with E-state index in [0.717, 1.165) is 33.2 Å². The van der Waals surface area contributed by atoms with Gasteiger partial charge in [0.1, 0.15) is 0 Å². The number of alkyl halides is 3. The Morgan fingerprint density at radius 3 is 2.67 bits per heavy atom. The highest BCUT2D eigenvalue weighted by molar-refractivity contribution is 7.13. The van der Waals surface area contributed by atoms with Crippen LogP contribution >= 0.6 is 11.3 Å². The number of rotatable bonds is 3. The van der Waals surface area contributed by atoms with Gasteiger partial charge in [0, 0.05) is 47.2 Å². The molecule has 0 unspecified atom stereocenters. The fraction of sp³-hybridized carbons (Fsp3) is 0.350. The highest BCUT2D eigenvalue weighted by Gasteiger charge is 2.34. The number of aryl methyl sites for hydroxylation is 1. The first-order valence-corrected chi connectivity index (χ1v) is 10.4. The summed E-state index contributed by atoms with van der Waals surface area (Å²) >= 11 is 0.992. The minimum atomic E-state index is -4.43. The predicted molar refractivity (Wildman–Crippen MR) is 111 cm³/mol. The maximum Gasteiger partial charge on any atom is 0.434 e. The van der Waals surface area contributed by atoms with Crippen molar-refractivity contribution in [3.8, 4) is 0 Å². The molecule has 2 N–H and O–H groups in total. The van der Waals surface area contributed by atoms with Crippen LogP contribution in [0.1, 0.15) is 24.2 Å². The third-order valence-electron chi connectivity index (χ3n) is 5.14. The zero-order valence-electron chi connectivity index (χ0n) is 16.2. The van der Waals surface area contributed by atoms with Crippen LogP contribution in [0, 0.1) is 6.92 Å². The van der Waals surface area contributed by atoms with E-state index >= 15 is 0 Å². The van der Waals surface area contributed by atoms with Crippen molar-refractivity contribution in [1.82, 2.24) is 15.3 Å². The van der Waals surface area contributed by atoms with Crippen LogP contribution in [0.4, 0.5) is 28.8 Å². The van der Waals surface area contributed by atoms with Crippen molar-refractivity contribution in [3.63, 3.8) is 0 Å². The summed E-state index contributed by atoms with van der Waals surface area (Å²) in [5.74, 6) is 0. The summed E-state index contributed by atoms with van der Waals surface area (Å²) in [4.78, 5) is 22.3. The van der Waals surface area contributed by atoms with E-state index in [0.29, 0.717) is 36.8 Å².